The number of halogens is 1. The van der Waals surface area contributed by atoms with Gasteiger partial charge in [0.15, 0.2) is 5.16 Å². The molecule has 1 N–H and O–H groups in total. The lowest BCUT2D eigenvalue weighted by molar-refractivity contribution is -0.113. The smallest absolute Gasteiger partial charge is 0.268 e. The minimum absolute atomic E-state index is 0.0456. The quantitative estimate of drug-likeness (QED) is 0.549. The summed E-state index contributed by atoms with van der Waals surface area (Å²) < 4.78 is 15.2. The first-order valence-electron chi connectivity index (χ1n) is 10.0. The average Bonchev–Trinajstić information content (AvgIpc) is 3.08. The van der Waals surface area contributed by atoms with Gasteiger partial charge in [-0.2, -0.15) is 0 Å². The number of amides is 1. The third kappa shape index (κ3) is 4.69. The molecule has 1 aromatic heterocycles. The van der Waals surface area contributed by atoms with E-state index in [9.17, 15) is 14.0 Å². The monoisotopic (exact) mass is 433 g/mol. The first kappa shape index (κ1) is 20.5. The second-order valence-corrected chi connectivity index (χ2v) is 10.0. The Bertz CT molecular complexity index is 973. The van der Waals surface area contributed by atoms with Crippen LogP contribution in [0.1, 0.15) is 50.8 Å². The van der Waals surface area contributed by atoms with Crippen LogP contribution in [0, 0.1) is 5.82 Å². The standard InChI is InChI=1S/C21H24FN3O2S2/c1-13-10-17-19(29-13)20(27)25(16-8-3-2-4-9-16)21(24-17)28-12-18(26)23-15-7-5-6-14(22)11-15/h5-7,11,13,16H,2-4,8-10,12H2,1H3,(H,23,26). The van der Waals surface area contributed by atoms with Gasteiger partial charge >= 0.3 is 0 Å². The van der Waals surface area contributed by atoms with Crippen LogP contribution >= 0.6 is 23.5 Å². The largest absolute Gasteiger partial charge is 0.325 e. The second-order valence-electron chi connectivity index (χ2n) is 7.62. The molecule has 1 unspecified atom stereocenters. The van der Waals surface area contributed by atoms with Crippen LogP contribution in [0.25, 0.3) is 0 Å². The summed E-state index contributed by atoms with van der Waals surface area (Å²) in [6.07, 6.45) is 6.16. The molecule has 5 nitrogen and oxygen atoms in total. The summed E-state index contributed by atoms with van der Waals surface area (Å²) in [6, 6.07) is 5.97. The first-order valence-corrected chi connectivity index (χ1v) is 11.9. The Morgan fingerprint density at radius 1 is 1.34 bits per heavy atom. The van der Waals surface area contributed by atoms with Gasteiger partial charge in [-0.05, 0) is 31.0 Å². The van der Waals surface area contributed by atoms with Crippen molar-refractivity contribution in [1.82, 2.24) is 9.55 Å². The van der Waals surface area contributed by atoms with Gasteiger partial charge in [-0.1, -0.05) is 44.0 Å². The summed E-state index contributed by atoms with van der Waals surface area (Å²) in [6.45, 7) is 2.11. The minimum Gasteiger partial charge on any atom is -0.325 e. The number of nitrogens with one attached hydrogen (secondary N) is 1. The van der Waals surface area contributed by atoms with Gasteiger partial charge in [-0.25, -0.2) is 9.37 Å². The number of nitrogens with zero attached hydrogens (tertiary/aromatic N) is 2. The van der Waals surface area contributed by atoms with E-state index >= 15 is 0 Å². The molecule has 1 saturated carbocycles. The zero-order valence-electron chi connectivity index (χ0n) is 16.3. The Morgan fingerprint density at radius 2 is 2.14 bits per heavy atom. The van der Waals surface area contributed by atoms with Gasteiger partial charge in [0.1, 0.15) is 5.82 Å². The Morgan fingerprint density at radius 3 is 2.90 bits per heavy atom. The van der Waals surface area contributed by atoms with Gasteiger partial charge in [0.2, 0.25) is 5.91 Å². The zero-order chi connectivity index (χ0) is 20.4. The van der Waals surface area contributed by atoms with Crippen LogP contribution in [0.5, 0.6) is 0 Å². The van der Waals surface area contributed by atoms with Crippen LogP contribution in [0.15, 0.2) is 39.1 Å². The second kappa shape index (κ2) is 8.92. The number of aromatic nitrogens is 2. The van der Waals surface area contributed by atoms with Crippen molar-refractivity contribution < 1.29 is 9.18 Å². The molecule has 0 bridgehead atoms. The fourth-order valence-corrected chi connectivity index (χ4v) is 5.95. The third-order valence-corrected chi connectivity index (χ3v) is 7.46. The lowest BCUT2D eigenvalue weighted by atomic mass is 9.95. The molecule has 2 aliphatic rings. The van der Waals surface area contributed by atoms with Crippen LogP contribution in [-0.2, 0) is 11.2 Å². The number of benzene rings is 1. The number of carbonyl (C=O) groups excluding carboxylic acids is 1. The molecule has 1 fully saturated rings. The van der Waals surface area contributed by atoms with Crippen molar-refractivity contribution >= 4 is 35.1 Å². The molecule has 2 aromatic rings. The highest BCUT2D eigenvalue weighted by atomic mass is 32.2. The summed E-state index contributed by atoms with van der Waals surface area (Å²) in [5.74, 6) is -0.515. The fraction of sp³-hybridized carbons (Fsp3) is 0.476. The van der Waals surface area contributed by atoms with Crippen molar-refractivity contribution in [2.24, 2.45) is 0 Å². The summed E-state index contributed by atoms with van der Waals surface area (Å²) in [4.78, 5) is 31.2. The number of carbonyl (C=O) groups is 1. The lowest BCUT2D eigenvalue weighted by Crippen LogP contribution is -2.30. The fourth-order valence-electron chi connectivity index (χ4n) is 3.97. The molecule has 29 heavy (non-hydrogen) atoms. The number of hydrogen-bond acceptors (Lipinski definition) is 5. The van der Waals surface area contributed by atoms with Crippen molar-refractivity contribution in [3.05, 3.63) is 46.1 Å². The molecule has 4 rings (SSSR count). The van der Waals surface area contributed by atoms with E-state index in [1.165, 1.54) is 30.3 Å². The van der Waals surface area contributed by atoms with Crippen molar-refractivity contribution in [3.8, 4) is 0 Å². The Balaban J connectivity index is 1.55. The van der Waals surface area contributed by atoms with E-state index < -0.39 is 5.82 Å². The van der Waals surface area contributed by atoms with E-state index in [0.29, 0.717) is 16.1 Å². The normalized spacial score (nSPS) is 19.2. The summed E-state index contributed by atoms with van der Waals surface area (Å²) >= 11 is 2.90. The number of rotatable bonds is 5. The van der Waals surface area contributed by atoms with Gasteiger partial charge in [-0.15, -0.1) is 11.8 Å². The maximum absolute atomic E-state index is 13.3. The molecule has 1 atom stereocenters. The predicted molar refractivity (Wildman–Crippen MR) is 115 cm³/mol. The molecule has 0 saturated heterocycles. The Labute approximate surface area is 177 Å². The highest BCUT2D eigenvalue weighted by molar-refractivity contribution is 8.00. The number of thioether (sulfide) groups is 2. The molecule has 1 aliphatic carbocycles. The van der Waals surface area contributed by atoms with Crippen LogP contribution in [0.4, 0.5) is 10.1 Å². The van der Waals surface area contributed by atoms with Gasteiger partial charge in [-0.3, -0.25) is 14.2 Å². The summed E-state index contributed by atoms with van der Waals surface area (Å²) in [7, 11) is 0. The molecule has 154 valence electrons. The van der Waals surface area contributed by atoms with E-state index in [1.54, 1.807) is 23.9 Å². The number of anilines is 1. The predicted octanol–water partition coefficient (Wildman–Crippen LogP) is 4.66. The lowest BCUT2D eigenvalue weighted by Gasteiger charge is -2.26. The van der Waals surface area contributed by atoms with Gasteiger partial charge in [0.25, 0.3) is 5.56 Å². The van der Waals surface area contributed by atoms with E-state index in [0.717, 1.165) is 42.7 Å². The molecule has 1 aliphatic heterocycles. The van der Waals surface area contributed by atoms with Gasteiger partial charge in [0.05, 0.1) is 16.3 Å². The summed E-state index contributed by atoms with van der Waals surface area (Å²) in [5, 5.41) is 3.68. The van der Waals surface area contributed by atoms with E-state index in [4.69, 9.17) is 4.98 Å². The van der Waals surface area contributed by atoms with E-state index in [2.05, 4.69) is 12.2 Å². The molecule has 0 spiro atoms. The van der Waals surface area contributed by atoms with Crippen molar-refractivity contribution in [2.45, 2.75) is 66.8 Å². The zero-order valence-corrected chi connectivity index (χ0v) is 18.0. The highest BCUT2D eigenvalue weighted by Crippen LogP contribution is 2.37. The Hall–Kier alpha value is -1.80. The van der Waals surface area contributed by atoms with Crippen molar-refractivity contribution in [3.63, 3.8) is 0 Å². The number of hydrogen-bond donors (Lipinski definition) is 1. The molecule has 2 heterocycles. The third-order valence-electron chi connectivity index (χ3n) is 5.29. The average molecular weight is 434 g/mol. The van der Waals surface area contributed by atoms with Crippen LogP contribution in [0.3, 0.4) is 0 Å². The van der Waals surface area contributed by atoms with Gasteiger partial charge < -0.3 is 5.32 Å². The van der Waals surface area contributed by atoms with E-state index in [1.807, 2.05) is 4.57 Å². The Kier molecular flexibility index (Phi) is 6.29. The first-order chi connectivity index (χ1) is 14.0. The van der Waals surface area contributed by atoms with Crippen LogP contribution < -0.4 is 10.9 Å². The topological polar surface area (TPSA) is 64.0 Å². The minimum atomic E-state index is -0.395. The SMILES string of the molecule is CC1Cc2nc(SCC(=O)Nc3cccc(F)c3)n(C3CCCCC3)c(=O)c2S1. The van der Waals surface area contributed by atoms with Crippen molar-refractivity contribution in [1.29, 1.82) is 0 Å². The number of fused-ring (bicyclic) bond motifs is 1. The summed E-state index contributed by atoms with van der Waals surface area (Å²) in [5.41, 5.74) is 1.32. The molecule has 8 heteroatoms. The maximum atomic E-state index is 13.3. The van der Waals surface area contributed by atoms with Gasteiger partial charge in [0, 0.05) is 23.4 Å². The van der Waals surface area contributed by atoms with Crippen molar-refractivity contribution in [2.75, 3.05) is 11.1 Å². The molecular formula is C21H24FN3O2S2. The van der Waals surface area contributed by atoms with E-state index in [-0.39, 0.29) is 23.3 Å². The molecule has 1 aromatic carbocycles. The van der Waals surface area contributed by atoms with Crippen LogP contribution in [-0.4, -0.2) is 26.5 Å². The maximum Gasteiger partial charge on any atom is 0.268 e. The molecular weight excluding hydrogens is 409 g/mol. The molecule has 0 radical (unpaired) electrons. The van der Waals surface area contributed by atoms with Crippen LogP contribution in [0.2, 0.25) is 0 Å². The highest BCUT2D eigenvalue weighted by Gasteiger charge is 2.29. The molecule has 1 amide bonds.